The van der Waals surface area contributed by atoms with E-state index in [0.717, 1.165) is 21.5 Å². The number of para-hydroxylation sites is 1. The summed E-state index contributed by atoms with van der Waals surface area (Å²) in [5, 5.41) is 5.85. The van der Waals surface area contributed by atoms with Crippen LogP contribution in [0.2, 0.25) is 0 Å². The maximum Gasteiger partial charge on any atom is 0.250 e. The summed E-state index contributed by atoms with van der Waals surface area (Å²) in [6.07, 6.45) is 1.55. The number of nitrogens with zero attached hydrogens (tertiary/aromatic N) is 2. The van der Waals surface area contributed by atoms with Crippen LogP contribution in [-0.4, -0.2) is 37.1 Å². The van der Waals surface area contributed by atoms with Gasteiger partial charge in [-0.15, -0.1) is 0 Å². The van der Waals surface area contributed by atoms with Crippen molar-refractivity contribution in [2.45, 2.75) is 5.03 Å². The number of pyridine rings is 1. The third kappa shape index (κ3) is 4.98. The Labute approximate surface area is 161 Å². The van der Waals surface area contributed by atoms with Crippen LogP contribution in [0.1, 0.15) is 5.56 Å². The van der Waals surface area contributed by atoms with Crippen molar-refractivity contribution in [1.82, 2.24) is 10.4 Å². The molecule has 0 aliphatic carbocycles. The summed E-state index contributed by atoms with van der Waals surface area (Å²) in [5.74, 6) is 1.27. The summed E-state index contributed by atoms with van der Waals surface area (Å²) < 4.78 is 10.4. The second-order valence-corrected chi connectivity index (χ2v) is 6.53. The quantitative estimate of drug-likeness (QED) is 0.385. The van der Waals surface area contributed by atoms with Crippen LogP contribution in [0.25, 0.3) is 10.9 Å². The molecule has 0 atom stereocenters. The minimum absolute atomic E-state index is 0.202. The number of rotatable bonds is 7. The largest absolute Gasteiger partial charge is 0.493 e. The Balaban J connectivity index is 1.53. The van der Waals surface area contributed by atoms with E-state index >= 15 is 0 Å². The van der Waals surface area contributed by atoms with Crippen LogP contribution >= 0.6 is 11.8 Å². The van der Waals surface area contributed by atoms with Crippen molar-refractivity contribution in [3.63, 3.8) is 0 Å². The predicted molar refractivity (Wildman–Crippen MR) is 108 cm³/mol. The lowest BCUT2D eigenvalue weighted by Gasteiger charge is -2.07. The molecule has 0 unspecified atom stereocenters. The SMILES string of the molecule is COc1ccc(/C=N/NC(=O)CSc2ccc3ccccc3n2)cc1OC. The number of benzene rings is 2. The fraction of sp³-hybridized carbons (Fsp3) is 0.150. The Kier molecular flexibility index (Phi) is 6.27. The van der Waals surface area contributed by atoms with Crippen molar-refractivity contribution in [1.29, 1.82) is 0 Å². The average Bonchev–Trinajstić information content (AvgIpc) is 2.72. The van der Waals surface area contributed by atoms with Crippen LogP contribution in [0.4, 0.5) is 0 Å². The van der Waals surface area contributed by atoms with Gasteiger partial charge in [0.25, 0.3) is 0 Å². The molecule has 1 N–H and O–H groups in total. The van der Waals surface area contributed by atoms with Crippen LogP contribution in [0.15, 0.2) is 64.7 Å². The zero-order valence-electron chi connectivity index (χ0n) is 15.0. The van der Waals surface area contributed by atoms with Gasteiger partial charge in [-0.1, -0.05) is 36.0 Å². The molecule has 138 valence electrons. The highest BCUT2D eigenvalue weighted by atomic mass is 32.2. The standard InChI is InChI=1S/C20H19N3O3S/c1-25-17-9-7-14(11-18(17)26-2)12-21-23-19(24)13-27-20-10-8-15-5-3-4-6-16(15)22-20/h3-12H,13H2,1-2H3,(H,23,24)/b21-12+. The van der Waals surface area contributed by atoms with E-state index in [4.69, 9.17) is 9.47 Å². The molecule has 0 saturated heterocycles. The molecular formula is C20H19N3O3S. The first-order chi connectivity index (χ1) is 13.2. The number of carbonyl (C=O) groups excluding carboxylic acids is 1. The molecule has 0 aliphatic rings. The molecule has 1 aromatic heterocycles. The molecule has 6 nitrogen and oxygen atoms in total. The summed E-state index contributed by atoms with van der Waals surface area (Å²) in [6.45, 7) is 0. The summed E-state index contributed by atoms with van der Waals surface area (Å²) in [7, 11) is 3.15. The third-order valence-corrected chi connectivity index (χ3v) is 4.66. The first-order valence-electron chi connectivity index (χ1n) is 8.22. The summed E-state index contributed by atoms with van der Waals surface area (Å²) >= 11 is 1.37. The zero-order valence-corrected chi connectivity index (χ0v) is 15.8. The van der Waals surface area contributed by atoms with Crippen molar-refractivity contribution in [3.05, 3.63) is 60.2 Å². The Morgan fingerprint density at radius 2 is 1.93 bits per heavy atom. The minimum atomic E-state index is -0.202. The number of hydrogen-bond donors (Lipinski definition) is 1. The van der Waals surface area contributed by atoms with Gasteiger partial charge in [-0.2, -0.15) is 5.10 Å². The fourth-order valence-electron chi connectivity index (χ4n) is 2.41. The van der Waals surface area contributed by atoms with Crippen molar-refractivity contribution >= 4 is 34.8 Å². The van der Waals surface area contributed by atoms with Crippen LogP contribution in [0.3, 0.4) is 0 Å². The van der Waals surface area contributed by atoms with Crippen LogP contribution in [0, 0.1) is 0 Å². The molecule has 3 aromatic rings. The number of amides is 1. The molecule has 0 saturated carbocycles. The van der Waals surface area contributed by atoms with E-state index in [1.165, 1.54) is 11.8 Å². The van der Waals surface area contributed by atoms with E-state index in [9.17, 15) is 4.79 Å². The second kappa shape index (κ2) is 9.05. The van der Waals surface area contributed by atoms with Gasteiger partial charge >= 0.3 is 0 Å². The molecule has 0 bridgehead atoms. The number of fused-ring (bicyclic) bond motifs is 1. The second-order valence-electron chi connectivity index (χ2n) is 5.54. The number of aromatic nitrogens is 1. The lowest BCUT2D eigenvalue weighted by atomic mass is 10.2. The normalized spacial score (nSPS) is 10.9. The molecule has 7 heteroatoms. The fourth-order valence-corrected chi connectivity index (χ4v) is 3.08. The molecule has 0 radical (unpaired) electrons. The minimum Gasteiger partial charge on any atom is -0.493 e. The lowest BCUT2D eigenvalue weighted by Crippen LogP contribution is -2.19. The topological polar surface area (TPSA) is 72.8 Å². The van der Waals surface area contributed by atoms with E-state index in [1.54, 1.807) is 32.6 Å². The van der Waals surface area contributed by atoms with Crippen molar-refractivity contribution in [2.24, 2.45) is 5.10 Å². The maximum absolute atomic E-state index is 12.0. The first-order valence-corrected chi connectivity index (χ1v) is 9.20. The molecule has 1 heterocycles. The molecule has 0 aliphatic heterocycles. The number of methoxy groups -OCH3 is 2. The molecule has 1 amide bonds. The summed E-state index contributed by atoms with van der Waals surface area (Å²) in [6, 6.07) is 17.2. The van der Waals surface area contributed by atoms with Gasteiger partial charge in [0.2, 0.25) is 5.91 Å². The van der Waals surface area contributed by atoms with Gasteiger partial charge in [0, 0.05) is 5.39 Å². The Morgan fingerprint density at radius 1 is 1.11 bits per heavy atom. The Hall–Kier alpha value is -3.06. The first kappa shape index (κ1) is 18.7. The highest BCUT2D eigenvalue weighted by molar-refractivity contribution is 7.99. The van der Waals surface area contributed by atoms with E-state index in [2.05, 4.69) is 15.5 Å². The molecule has 3 rings (SSSR count). The number of thioether (sulfide) groups is 1. The highest BCUT2D eigenvalue weighted by Crippen LogP contribution is 2.26. The van der Waals surface area contributed by atoms with Gasteiger partial charge in [0.15, 0.2) is 11.5 Å². The molecule has 0 fully saturated rings. The number of ether oxygens (including phenoxy) is 2. The van der Waals surface area contributed by atoms with E-state index < -0.39 is 0 Å². The maximum atomic E-state index is 12.0. The van der Waals surface area contributed by atoms with Crippen LogP contribution in [0.5, 0.6) is 11.5 Å². The number of carbonyl (C=O) groups is 1. The number of hydrazone groups is 1. The van der Waals surface area contributed by atoms with E-state index in [1.807, 2.05) is 42.5 Å². The van der Waals surface area contributed by atoms with Gasteiger partial charge < -0.3 is 9.47 Å². The average molecular weight is 381 g/mol. The Morgan fingerprint density at radius 3 is 2.74 bits per heavy atom. The summed E-state index contributed by atoms with van der Waals surface area (Å²) in [4.78, 5) is 16.5. The van der Waals surface area contributed by atoms with E-state index in [-0.39, 0.29) is 11.7 Å². The van der Waals surface area contributed by atoms with Crippen LogP contribution in [-0.2, 0) is 4.79 Å². The molecule has 0 spiro atoms. The smallest absolute Gasteiger partial charge is 0.250 e. The van der Waals surface area contributed by atoms with Crippen molar-refractivity contribution in [3.8, 4) is 11.5 Å². The lowest BCUT2D eigenvalue weighted by molar-refractivity contribution is -0.118. The van der Waals surface area contributed by atoms with Gasteiger partial charge in [0.1, 0.15) is 0 Å². The zero-order chi connectivity index (χ0) is 19.1. The molecule has 2 aromatic carbocycles. The van der Waals surface area contributed by atoms with Crippen LogP contribution < -0.4 is 14.9 Å². The monoisotopic (exact) mass is 381 g/mol. The van der Waals surface area contributed by atoms with Gasteiger partial charge in [-0.05, 0) is 35.9 Å². The third-order valence-electron chi connectivity index (χ3n) is 3.73. The van der Waals surface area contributed by atoms with Crippen molar-refractivity contribution in [2.75, 3.05) is 20.0 Å². The Bertz CT molecular complexity index is 976. The van der Waals surface area contributed by atoms with Gasteiger partial charge in [-0.25, -0.2) is 10.4 Å². The molecular weight excluding hydrogens is 362 g/mol. The van der Waals surface area contributed by atoms with Crippen molar-refractivity contribution < 1.29 is 14.3 Å². The van der Waals surface area contributed by atoms with Gasteiger partial charge in [-0.3, -0.25) is 4.79 Å². The predicted octanol–water partition coefficient (Wildman–Crippen LogP) is 3.49. The highest BCUT2D eigenvalue weighted by Gasteiger charge is 2.05. The number of hydrogen-bond acceptors (Lipinski definition) is 6. The number of nitrogens with one attached hydrogen (secondary N) is 1. The van der Waals surface area contributed by atoms with Gasteiger partial charge in [0.05, 0.1) is 36.7 Å². The molecule has 27 heavy (non-hydrogen) atoms. The van der Waals surface area contributed by atoms with E-state index in [0.29, 0.717) is 11.5 Å². The summed E-state index contributed by atoms with van der Waals surface area (Å²) in [5.41, 5.74) is 4.21.